The second kappa shape index (κ2) is 25.1. The molecule has 7 heteroatoms. The van der Waals surface area contributed by atoms with E-state index in [0.29, 0.717) is 0 Å². The zero-order chi connectivity index (χ0) is 14.7. The summed E-state index contributed by atoms with van der Waals surface area (Å²) in [5.74, 6) is 0. The Balaban J connectivity index is -0.0000000366. The summed E-state index contributed by atoms with van der Waals surface area (Å²) >= 11 is 0. The fourth-order valence-electron chi connectivity index (χ4n) is 2.68. The van der Waals surface area contributed by atoms with Gasteiger partial charge in [0.1, 0.15) is 0 Å². The van der Waals surface area contributed by atoms with Crippen molar-refractivity contribution in [1.29, 1.82) is 0 Å². The quantitative estimate of drug-likeness (QED) is 0.436. The average Bonchev–Trinajstić information content (AvgIpc) is 2.46. The molecule has 150 valence electrons. The third-order valence-electron chi connectivity index (χ3n) is 5.37. The molecule has 0 bridgehead atoms. The fraction of sp³-hybridized carbons (Fsp3) is 1.00. The topological polar surface area (TPSA) is 85.5 Å². The van der Waals surface area contributed by atoms with E-state index in [1.807, 2.05) is 0 Å². The summed E-state index contributed by atoms with van der Waals surface area (Å²) in [4.78, 5) is 0. The maximum Gasteiger partial charge on any atom is 0.0757 e. The van der Waals surface area contributed by atoms with Crippen molar-refractivity contribution in [1.82, 2.24) is 0 Å². The van der Waals surface area contributed by atoms with E-state index in [4.69, 9.17) is 0 Å². The summed E-state index contributed by atoms with van der Waals surface area (Å²) in [7, 11) is 0. The number of nitrogens with zero attached hydrogens (tertiary/aromatic N) is 2. The van der Waals surface area contributed by atoms with Gasteiger partial charge in [-0.3, -0.25) is 0 Å². The van der Waals surface area contributed by atoms with Crippen molar-refractivity contribution < 1.29 is 46.5 Å². The molecule has 0 fully saturated rings. The van der Waals surface area contributed by atoms with Gasteiger partial charge >= 0.3 is 0 Å². The largest absolute Gasteiger partial charge is 2.00 e. The first kappa shape index (κ1) is 43.9. The van der Waals surface area contributed by atoms with Gasteiger partial charge in [-0.25, -0.2) is 0 Å². The standard InChI is InChI=1S/2C8H20N.3O.S.W/c2*1-5-9(6-2,7-3)8-4;;;;;/h2*5-8H2,1-4H3;;;;;/q2*+1;4*-2;. The number of rotatable bonds is 8. The molecule has 23 heavy (non-hydrogen) atoms. The Morgan fingerprint density at radius 1 is 0.391 bits per heavy atom. The van der Waals surface area contributed by atoms with Gasteiger partial charge in [0.2, 0.25) is 0 Å². The second-order valence-electron chi connectivity index (χ2n) is 5.21. The molecule has 0 aliphatic rings. The van der Waals surface area contributed by atoms with Crippen LogP contribution in [0.15, 0.2) is 0 Å². The summed E-state index contributed by atoms with van der Waals surface area (Å²) in [6.45, 7) is 28.4. The van der Waals surface area contributed by atoms with E-state index in [-0.39, 0.29) is 51.0 Å². The van der Waals surface area contributed by atoms with E-state index >= 15 is 0 Å². The zero-order valence-corrected chi connectivity index (χ0v) is 20.3. The van der Waals surface area contributed by atoms with Crippen LogP contribution in [0.3, 0.4) is 0 Å². The van der Waals surface area contributed by atoms with E-state index in [2.05, 4.69) is 55.4 Å². The van der Waals surface area contributed by atoms with Gasteiger partial charge in [0, 0.05) is 21.1 Å². The van der Waals surface area contributed by atoms with Crippen molar-refractivity contribution in [3.63, 3.8) is 0 Å². The maximum atomic E-state index is 2.27. The van der Waals surface area contributed by atoms with Crippen LogP contribution in [0.2, 0.25) is 0 Å². The van der Waals surface area contributed by atoms with Gasteiger partial charge in [0.15, 0.2) is 0 Å². The Bertz CT molecular complexity index is 139. The number of hydrogen-bond acceptors (Lipinski definition) is 0. The van der Waals surface area contributed by atoms with Crippen LogP contribution in [0.1, 0.15) is 55.4 Å². The molecule has 0 aliphatic carbocycles. The van der Waals surface area contributed by atoms with Crippen molar-refractivity contribution in [3.8, 4) is 0 Å². The van der Waals surface area contributed by atoms with Crippen molar-refractivity contribution >= 4 is 13.5 Å². The van der Waals surface area contributed by atoms with E-state index < -0.39 is 0 Å². The molecule has 0 saturated carbocycles. The van der Waals surface area contributed by atoms with Gasteiger partial charge in [0.25, 0.3) is 0 Å². The molecule has 5 nitrogen and oxygen atoms in total. The van der Waals surface area contributed by atoms with Crippen LogP contribution in [0.5, 0.6) is 0 Å². The smallest absolute Gasteiger partial charge is 0.0757 e. The summed E-state index contributed by atoms with van der Waals surface area (Å²) in [6, 6.07) is 0. The normalized spacial score (nSPS) is 9.39. The van der Waals surface area contributed by atoms with E-state index in [0.717, 1.165) is 0 Å². The van der Waals surface area contributed by atoms with E-state index in [1.54, 1.807) is 0 Å². The zero-order valence-electron chi connectivity index (χ0n) is 16.6. The minimum atomic E-state index is 0. The van der Waals surface area contributed by atoms with Crippen LogP contribution in [0.25, 0.3) is 0 Å². The van der Waals surface area contributed by atoms with E-state index in [9.17, 15) is 0 Å². The van der Waals surface area contributed by atoms with Gasteiger partial charge in [-0.2, -0.15) is 0 Å². The SMILES string of the molecule is CC[N+](CC)(CC)CC.CC[N+](CC)(CC)CC.[O-2].[O-2].[O-2].[S-2].[W]. The van der Waals surface area contributed by atoms with Crippen LogP contribution < -0.4 is 0 Å². The van der Waals surface area contributed by atoms with Crippen LogP contribution in [-0.4, -0.2) is 61.3 Å². The minimum Gasteiger partial charge on any atom is -2.00 e. The molecule has 0 unspecified atom stereocenters. The van der Waals surface area contributed by atoms with Crippen molar-refractivity contribution in [2.75, 3.05) is 52.4 Å². The molecular formula is C16H40N2O3SW-6. The molecule has 0 saturated heterocycles. The van der Waals surface area contributed by atoms with Crippen LogP contribution >= 0.6 is 0 Å². The molecule has 0 heterocycles. The summed E-state index contributed by atoms with van der Waals surface area (Å²) in [5, 5.41) is 0. The van der Waals surface area contributed by atoms with Crippen molar-refractivity contribution in [2.45, 2.75) is 55.4 Å². The van der Waals surface area contributed by atoms with Gasteiger partial charge < -0.3 is 38.9 Å². The average molecular weight is 524 g/mol. The third kappa shape index (κ3) is 16.1. The molecule has 0 aromatic heterocycles. The molecular weight excluding hydrogens is 484 g/mol. The number of quaternary nitrogens is 2. The Labute approximate surface area is 167 Å². The summed E-state index contributed by atoms with van der Waals surface area (Å²) < 4.78 is 2.56. The Kier molecular flexibility index (Phi) is 47.8. The Morgan fingerprint density at radius 3 is 0.478 bits per heavy atom. The molecule has 0 atom stereocenters. The fourth-order valence-corrected chi connectivity index (χ4v) is 2.68. The summed E-state index contributed by atoms with van der Waals surface area (Å²) in [6.07, 6.45) is 0. The third-order valence-corrected chi connectivity index (χ3v) is 5.37. The predicted molar refractivity (Wildman–Crippen MR) is 94.3 cm³/mol. The predicted octanol–water partition coefficient (Wildman–Crippen LogP) is 3.40. The summed E-state index contributed by atoms with van der Waals surface area (Å²) in [5.41, 5.74) is 0. The van der Waals surface area contributed by atoms with Crippen LogP contribution in [-0.2, 0) is 51.0 Å². The van der Waals surface area contributed by atoms with Gasteiger partial charge in [-0.1, -0.05) is 0 Å². The molecule has 0 spiro atoms. The van der Waals surface area contributed by atoms with Crippen LogP contribution in [0, 0.1) is 0 Å². The second-order valence-corrected chi connectivity index (χ2v) is 5.21. The molecule has 0 aromatic carbocycles. The molecule has 0 aliphatic heterocycles. The maximum absolute atomic E-state index is 2.27. The molecule has 0 rings (SSSR count). The molecule has 0 aromatic rings. The first-order chi connectivity index (χ1) is 8.49. The first-order valence-electron chi connectivity index (χ1n) is 8.19. The van der Waals surface area contributed by atoms with Crippen molar-refractivity contribution in [3.05, 3.63) is 0 Å². The van der Waals surface area contributed by atoms with Gasteiger partial charge in [-0.15, -0.1) is 0 Å². The Morgan fingerprint density at radius 2 is 0.478 bits per heavy atom. The van der Waals surface area contributed by atoms with Gasteiger partial charge in [0.05, 0.1) is 52.4 Å². The molecule has 0 radical (unpaired) electrons. The van der Waals surface area contributed by atoms with Gasteiger partial charge in [-0.05, 0) is 55.4 Å². The molecule has 0 amide bonds. The first-order valence-corrected chi connectivity index (χ1v) is 8.19. The minimum absolute atomic E-state index is 0. The monoisotopic (exact) mass is 524 g/mol. The van der Waals surface area contributed by atoms with Crippen LogP contribution in [0.4, 0.5) is 0 Å². The van der Waals surface area contributed by atoms with Crippen molar-refractivity contribution in [2.24, 2.45) is 0 Å². The molecule has 0 N–H and O–H groups in total. The number of hydrogen-bond donors (Lipinski definition) is 0. The van der Waals surface area contributed by atoms with E-state index in [1.165, 1.54) is 61.3 Å². The Hall–Kier alpha value is 0.838.